The summed E-state index contributed by atoms with van der Waals surface area (Å²) < 4.78 is 31.4. The van der Waals surface area contributed by atoms with Gasteiger partial charge in [0.25, 0.3) is 5.91 Å². The minimum Gasteiger partial charge on any atom is -0.455 e. The van der Waals surface area contributed by atoms with Crippen molar-refractivity contribution < 1.29 is 22.7 Å². The lowest BCUT2D eigenvalue weighted by molar-refractivity contribution is -0.147. The van der Waals surface area contributed by atoms with Crippen LogP contribution in [0.2, 0.25) is 0 Å². The molecule has 2 aliphatic carbocycles. The smallest absolute Gasteiger partial charge is 0.321 e. The lowest BCUT2D eigenvalue weighted by atomic mass is 9.84. The van der Waals surface area contributed by atoms with Crippen LogP contribution in [-0.2, 0) is 24.3 Å². The summed E-state index contributed by atoms with van der Waals surface area (Å²) in [7, 11) is -3.80. The van der Waals surface area contributed by atoms with Crippen molar-refractivity contribution in [1.82, 2.24) is 10.0 Å². The Labute approximate surface area is 166 Å². The van der Waals surface area contributed by atoms with Gasteiger partial charge in [-0.25, -0.2) is 8.42 Å². The van der Waals surface area contributed by atoms with Crippen LogP contribution in [0.5, 0.6) is 0 Å². The third-order valence-corrected chi connectivity index (χ3v) is 7.34. The molecule has 0 unspecified atom stereocenters. The van der Waals surface area contributed by atoms with E-state index in [0.29, 0.717) is 11.8 Å². The molecule has 2 N–H and O–H groups in total. The van der Waals surface area contributed by atoms with E-state index in [2.05, 4.69) is 10.0 Å². The number of hydrogen-bond acceptors (Lipinski definition) is 5. The van der Waals surface area contributed by atoms with E-state index >= 15 is 0 Å². The van der Waals surface area contributed by atoms with E-state index in [-0.39, 0.29) is 16.8 Å². The number of rotatable bonds is 8. The monoisotopic (exact) mass is 408 g/mol. The minimum absolute atomic E-state index is 0.0570. The van der Waals surface area contributed by atoms with Gasteiger partial charge >= 0.3 is 5.97 Å². The summed E-state index contributed by atoms with van der Waals surface area (Å²) in [5, 5.41) is 2.91. The van der Waals surface area contributed by atoms with Gasteiger partial charge < -0.3 is 10.1 Å². The Bertz CT molecular complexity index is 822. The zero-order chi connectivity index (χ0) is 20.3. The maximum Gasteiger partial charge on any atom is 0.321 e. The second kappa shape index (κ2) is 8.61. The maximum atomic E-state index is 12.1. The van der Waals surface area contributed by atoms with Crippen molar-refractivity contribution in [3.05, 3.63) is 29.8 Å². The van der Waals surface area contributed by atoms with Crippen LogP contribution >= 0.6 is 0 Å². The van der Waals surface area contributed by atoms with Crippen LogP contribution in [0, 0.1) is 24.7 Å². The second-order valence-electron chi connectivity index (χ2n) is 7.99. The number of ether oxygens (including phenoxy) is 1. The van der Waals surface area contributed by atoms with Crippen LogP contribution in [0.1, 0.15) is 38.2 Å². The van der Waals surface area contributed by atoms with Gasteiger partial charge in [0, 0.05) is 6.04 Å². The van der Waals surface area contributed by atoms with Gasteiger partial charge in [0.1, 0.15) is 6.54 Å². The van der Waals surface area contributed by atoms with Crippen LogP contribution < -0.4 is 10.0 Å². The molecule has 1 aromatic carbocycles. The van der Waals surface area contributed by atoms with E-state index in [1.54, 1.807) is 12.1 Å². The van der Waals surface area contributed by atoms with Crippen LogP contribution in [0.4, 0.5) is 0 Å². The Morgan fingerprint density at radius 2 is 1.89 bits per heavy atom. The minimum atomic E-state index is -3.80. The summed E-state index contributed by atoms with van der Waals surface area (Å²) in [5.41, 5.74) is 0.934. The highest BCUT2D eigenvalue weighted by molar-refractivity contribution is 7.89. The molecular weight excluding hydrogens is 380 g/mol. The number of carbonyl (C=O) groups is 2. The first-order chi connectivity index (χ1) is 13.2. The molecule has 0 radical (unpaired) electrons. The first-order valence-electron chi connectivity index (χ1n) is 9.76. The lowest BCUT2D eigenvalue weighted by Gasteiger charge is -2.28. The molecule has 2 bridgehead atoms. The number of fused-ring (bicyclic) bond motifs is 2. The van der Waals surface area contributed by atoms with Crippen LogP contribution in [0.3, 0.4) is 0 Å². The molecule has 1 aromatic rings. The number of benzene rings is 1. The fraction of sp³-hybridized carbons (Fsp3) is 0.600. The molecule has 154 valence electrons. The Morgan fingerprint density at radius 3 is 2.50 bits per heavy atom. The first-order valence-corrected chi connectivity index (χ1v) is 11.2. The molecule has 8 heteroatoms. The molecular formula is C20H28N2O5S. The van der Waals surface area contributed by atoms with Crippen molar-refractivity contribution in [2.45, 2.75) is 50.5 Å². The van der Waals surface area contributed by atoms with E-state index in [0.717, 1.165) is 17.9 Å². The summed E-state index contributed by atoms with van der Waals surface area (Å²) in [4.78, 5) is 23.9. The van der Waals surface area contributed by atoms with Gasteiger partial charge in [0.2, 0.25) is 10.0 Å². The van der Waals surface area contributed by atoms with Crippen molar-refractivity contribution in [2.75, 3.05) is 13.2 Å². The Hall–Kier alpha value is -1.93. The Morgan fingerprint density at radius 1 is 1.18 bits per heavy atom. The Kier molecular flexibility index (Phi) is 6.40. The van der Waals surface area contributed by atoms with Gasteiger partial charge in [0.05, 0.1) is 4.90 Å². The van der Waals surface area contributed by atoms with Crippen molar-refractivity contribution in [3.63, 3.8) is 0 Å². The number of hydrogen-bond donors (Lipinski definition) is 2. The molecule has 0 aromatic heterocycles. The molecule has 7 nitrogen and oxygen atoms in total. The quantitative estimate of drug-likeness (QED) is 0.638. The van der Waals surface area contributed by atoms with Gasteiger partial charge in [-0.2, -0.15) is 4.72 Å². The number of esters is 1. The molecule has 0 heterocycles. The topological polar surface area (TPSA) is 102 Å². The number of amides is 1. The highest BCUT2D eigenvalue weighted by atomic mass is 32.2. The van der Waals surface area contributed by atoms with E-state index in [1.165, 1.54) is 31.4 Å². The summed E-state index contributed by atoms with van der Waals surface area (Å²) in [5.74, 6) is 0.843. The van der Waals surface area contributed by atoms with Crippen molar-refractivity contribution in [2.24, 2.45) is 17.8 Å². The van der Waals surface area contributed by atoms with Gasteiger partial charge in [-0.3, -0.25) is 9.59 Å². The SMILES string of the molecule is Cc1ccc(S(=O)(=O)NCC(=O)OCC(=O)N[C@H](C)[C@@H]2C[C@H]3CC[C@@H]2C3)cc1. The molecule has 0 aliphatic heterocycles. The average Bonchev–Trinajstić information content (AvgIpc) is 3.28. The molecule has 2 aliphatic rings. The Balaban J connectivity index is 1.39. The van der Waals surface area contributed by atoms with E-state index in [9.17, 15) is 18.0 Å². The third-order valence-electron chi connectivity index (χ3n) is 5.93. The van der Waals surface area contributed by atoms with E-state index in [4.69, 9.17) is 4.74 Å². The zero-order valence-electron chi connectivity index (χ0n) is 16.3. The molecule has 2 saturated carbocycles. The molecule has 4 atom stereocenters. The summed E-state index contributed by atoms with van der Waals surface area (Å²) in [6, 6.07) is 6.34. The number of nitrogens with one attached hydrogen (secondary N) is 2. The van der Waals surface area contributed by atoms with Crippen LogP contribution in [0.25, 0.3) is 0 Å². The fourth-order valence-corrected chi connectivity index (χ4v) is 5.43. The highest BCUT2D eigenvalue weighted by Crippen LogP contribution is 2.49. The second-order valence-corrected chi connectivity index (χ2v) is 9.76. The summed E-state index contributed by atoms with van der Waals surface area (Å²) in [6.07, 6.45) is 4.97. The molecule has 2 fully saturated rings. The standard InChI is InChI=1S/C20H28N2O5S/c1-13-3-7-17(8-4-13)28(25,26)21-11-20(24)27-12-19(23)22-14(2)18-10-15-5-6-16(18)9-15/h3-4,7-8,14-16,18,21H,5-6,9-12H2,1-2H3,(H,22,23)/t14-,15+,16-,18+/m1/s1. The summed E-state index contributed by atoms with van der Waals surface area (Å²) >= 11 is 0. The predicted molar refractivity (Wildman–Crippen MR) is 104 cm³/mol. The van der Waals surface area contributed by atoms with E-state index < -0.39 is 29.1 Å². The summed E-state index contributed by atoms with van der Waals surface area (Å²) in [6.45, 7) is 2.92. The molecule has 28 heavy (non-hydrogen) atoms. The highest BCUT2D eigenvalue weighted by Gasteiger charge is 2.42. The van der Waals surface area contributed by atoms with E-state index in [1.807, 2.05) is 13.8 Å². The van der Waals surface area contributed by atoms with Gasteiger partial charge in [0.15, 0.2) is 6.61 Å². The number of carbonyl (C=O) groups excluding carboxylic acids is 2. The van der Waals surface area contributed by atoms with Crippen molar-refractivity contribution in [3.8, 4) is 0 Å². The van der Waals surface area contributed by atoms with Crippen molar-refractivity contribution >= 4 is 21.9 Å². The van der Waals surface area contributed by atoms with Crippen molar-refractivity contribution in [1.29, 1.82) is 0 Å². The zero-order valence-corrected chi connectivity index (χ0v) is 17.1. The van der Waals surface area contributed by atoms with Gasteiger partial charge in [-0.1, -0.05) is 24.1 Å². The number of sulfonamides is 1. The lowest BCUT2D eigenvalue weighted by Crippen LogP contribution is -2.42. The molecule has 0 spiro atoms. The fourth-order valence-electron chi connectivity index (χ4n) is 4.46. The molecule has 3 rings (SSSR count). The predicted octanol–water partition coefficient (Wildman–Crippen LogP) is 1.76. The maximum absolute atomic E-state index is 12.1. The largest absolute Gasteiger partial charge is 0.455 e. The van der Waals surface area contributed by atoms with Crippen LogP contribution in [0.15, 0.2) is 29.2 Å². The molecule has 1 amide bonds. The number of aryl methyl sites for hydroxylation is 1. The van der Waals surface area contributed by atoms with Gasteiger partial charge in [-0.05, 0) is 63.0 Å². The molecule has 0 saturated heterocycles. The third kappa shape index (κ3) is 5.11. The van der Waals surface area contributed by atoms with Crippen LogP contribution in [-0.4, -0.2) is 39.5 Å². The van der Waals surface area contributed by atoms with Gasteiger partial charge in [-0.15, -0.1) is 0 Å². The average molecular weight is 409 g/mol. The first kappa shape index (κ1) is 20.8. The normalized spacial score (nSPS) is 24.7.